The molecule has 1 atom stereocenters. The van der Waals surface area contributed by atoms with E-state index in [1.54, 1.807) is 18.1 Å². The van der Waals surface area contributed by atoms with Crippen LogP contribution in [0.25, 0.3) is 0 Å². The number of anilines is 1. The van der Waals surface area contributed by atoms with Crippen molar-refractivity contribution in [3.05, 3.63) is 12.4 Å². The Morgan fingerprint density at radius 2 is 2.40 bits per heavy atom. The second-order valence-electron chi connectivity index (χ2n) is 3.83. The van der Waals surface area contributed by atoms with Crippen molar-refractivity contribution in [3.8, 4) is 0 Å². The van der Waals surface area contributed by atoms with E-state index in [0.29, 0.717) is 0 Å². The van der Waals surface area contributed by atoms with E-state index in [1.807, 2.05) is 12.3 Å². The third-order valence-corrected chi connectivity index (χ3v) is 3.24. The van der Waals surface area contributed by atoms with Crippen molar-refractivity contribution in [2.45, 2.75) is 23.9 Å². The van der Waals surface area contributed by atoms with E-state index in [1.165, 1.54) is 12.8 Å². The summed E-state index contributed by atoms with van der Waals surface area (Å²) in [5, 5.41) is 4.23. The monoisotopic (exact) mass is 224 g/mol. The molecule has 0 bridgehead atoms. The minimum absolute atomic E-state index is 0.262. The largest absolute Gasteiger partial charge is 0.368 e. The van der Waals surface area contributed by atoms with Gasteiger partial charge in [-0.15, -0.1) is 11.8 Å². The van der Waals surface area contributed by atoms with Gasteiger partial charge in [-0.05, 0) is 25.0 Å². The first-order valence-electron chi connectivity index (χ1n) is 5.15. The zero-order valence-corrected chi connectivity index (χ0v) is 9.63. The maximum Gasteiger partial charge on any atom is 0.130 e. The number of aromatic nitrogens is 2. The van der Waals surface area contributed by atoms with E-state index in [4.69, 9.17) is 5.73 Å². The molecule has 0 saturated heterocycles. The van der Waals surface area contributed by atoms with Crippen LogP contribution in [-0.2, 0) is 0 Å². The Kier molecular flexibility index (Phi) is 3.43. The topological polar surface area (TPSA) is 63.8 Å². The summed E-state index contributed by atoms with van der Waals surface area (Å²) in [6.07, 6.45) is 6.14. The first-order valence-corrected chi connectivity index (χ1v) is 6.37. The highest BCUT2D eigenvalue weighted by molar-refractivity contribution is 7.98. The van der Waals surface area contributed by atoms with Gasteiger partial charge in [0.25, 0.3) is 0 Å². The Balaban J connectivity index is 1.86. The Morgan fingerprint density at radius 3 is 3.07 bits per heavy atom. The van der Waals surface area contributed by atoms with Crippen LogP contribution in [0, 0.1) is 5.92 Å². The lowest BCUT2D eigenvalue weighted by atomic mass is 10.2. The van der Waals surface area contributed by atoms with Crippen molar-refractivity contribution in [2.24, 2.45) is 11.7 Å². The number of rotatable bonds is 5. The molecule has 1 heterocycles. The van der Waals surface area contributed by atoms with Gasteiger partial charge >= 0.3 is 0 Å². The number of nitrogens with two attached hydrogens (primary N) is 1. The third kappa shape index (κ3) is 3.07. The normalized spacial score (nSPS) is 17.5. The summed E-state index contributed by atoms with van der Waals surface area (Å²) in [5.41, 5.74) is 5.99. The quantitative estimate of drug-likeness (QED) is 0.584. The van der Waals surface area contributed by atoms with Crippen LogP contribution in [0.1, 0.15) is 12.8 Å². The molecule has 4 nitrogen and oxygen atoms in total. The molecule has 0 aromatic carbocycles. The number of nitrogens with one attached hydrogen (secondary N) is 1. The van der Waals surface area contributed by atoms with Crippen LogP contribution in [0.2, 0.25) is 0 Å². The molecule has 15 heavy (non-hydrogen) atoms. The minimum Gasteiger partial charge on any atom is -0.368 e. The van der Waals surface area contributed by atoms with E-state index in [2.05, 4.69) is 15.3 Å². The average molecular weight is 224 g/mol. The predicted molar refractivity (Wildman–Crippen MR) is 63.0 cm³/mol. The van der Waals surface area contributed by atoms with Gasteiger partial charge < -0.3 is 11.1 Å². The third-order valence-electron chi connectivity index (χ3n) is 2.60. The molecular weight excluding hydrogens is 208 g/mol. The van der Waals surface area contributed by atoms with Gasteiger partial charge in [-0.3, -0.25) is 0 Å². The number of nitrogens with zero attached hydrogens (tertiary/aromatic N) is 2. The maximum absolute atomic E-state index is 5.99. The fraction of sp³-hybridized carbons (Fsp3) is 0.600. The van der Waals surface area contributed by atoms with Crippen LogP contribution in [0.4, 0.5) is 5.82 Å². The van der Waals surface area contributed by atoms with Crippen LogP contribution in [0.3, 0.4) is 0 Å². The van der Waals surface area contributed by atoms with Gasteiger partial charge in [-0.25, -0.2) is 9.97 Å². The van der Waals surface area contributed by atoms with Crippen LogP contribution in [0.15, 0.2) is 17.4 Å². The fourth-order valence-corrected chi connectivity index (χ4v) is 1.84. The highest BCUT2D eigenvalue weighted by Gasteiger charge is 2.28. The number of hydrogen-bond acceptors (Lipinski definition) is 5. The van der Waals surface area contributed by atoms with Crippen LogP contribution < -0.4 is 11.1 Å². The first-order chi connectivity index (χ1) is 7.29. The summed E-state index contributed by atoms with van der Waals surface area (Å²) in [5.74, 6) is 1.59. The zero-order valence-electron chi connectivity index (χ0n) is 8.81. The molecule has 1 unspecified atom stereocenters. The molecule has 1 aliphatic rings. The van der Waals surface area contributed by atoms with Gasteiger partial charge in [0.15, 0.2) is 0 Å². The zero-order chi connectivity index (χ0) is 10.7. The lowest BCUT2D eigenvalue weighted by Gasteiger charge is -2.11. The second kappa shape index (κ2) is 4.81. The van der Waals surface area contributed by atoms with E-state index in [9.17, 15) is 0 Å². The maximum atomic E-state index is 5.99. The Bertz CT molecular complexity index is 327. The number of hydrogen-bond donors (Lipinski definition) is 2. The summed E-state index contributed by atoms with van der Waals surface area (Å²) in [6.45, 7) is 0.801. The van der Waals surface area contributed by atoms with Gasteiger partial charge in [0, 0.05) is 18.7 Å². The molecule has 1 aliphatic carbocycles. The summed E-state index contributed by atoms with van der Waals surface area (Å²) >= 11 is 1.61. The molecule has 0 spiro atoms. The Morgan fingerprint density at radius 1 is 1.60 bits per heavy atom. The van der Waals surface area contributed by atoms with Crippen molar-refractivity contribution in [2.75, 3.05) is 18.1 Å². The van der Waals surface area contributed by atoms with Gasteiger partial charge in [0.1, 0.15) is 17.2 Å². The minimum atomic E-state index is 0.262. The lowest BCUT2D eigenvalue weighted by molar-refractivity contribution is 0.619. The van der Waals surface area contributed by atoms with Crippen molar-refractivity contribution in [1.82, 2.24) is 9.97 Å². The first kappa shape index (κ1) is 10.7. The van der Waals surface area contributed by atoms with Crippen molar-refractivity contribution >= 4 is 17.6 Å². The van der Waals surface area contributed by atoms with Crippen LogP contribution in [-0.4, -0.2) is 28.8 Å². The average Bonchev–Trinajstić information content (AvgIpc) is 3.10. The summed E-state index contributed by atoms with van der Waals surface area (Å²) < 4.78 is 0. The Hall–Kier alpha value is -0.810. The van der Waals surface area contributed by atoms with Crippen molar-refractivity contribution < 1.29 is 0 Å². The summed E-state index contributed by atoms with van der Waals surface area (Å²) in [7, 11) is 0. The lowest BCUT2D eigenvalue weighted by Crippen LogP contribution is -2.31. The van der Waals surface area contributed by atoms with Gasteiger partial charge in [-0.2, -0.15) is 0 Å². The SMILES string of the molecule is CSc1cc(NCC(N)C2CC2)ncn1. The van der Waals surface area contributed by atoms with Crippen molar-refractivity contribution in [3.63, 3.8) is 0 Å². The van der Waals surface area contributed by atoms with Crippen molar-refractivity contribution in [1.29, 1.82) is 0 Å². The molecule has 5 heteroatoms. The van der Waals surface area contributed by atoms with Crippen LogP contribution in [0.5, 0.6) is 0 Å². The van der Waals surface area contributed by atoms with E-state index in [-0.39, 0.29) is 6.04 Å². The Labute approximate surface area is 94.1 Å². The molecule has 1 fully saturated rings. The standard InChI is InChI=1S/C10H16N4S/c1-15-10-4-9(13-6-14-10)12-5-8(11)7-2-3-7/h4,6-8H,2-3,5,11H2,1H3,(H,12,13,14). The second-order valence-corrected chi connectivity index (χ2v) is 4.65. The smallest absolute Gasteiger partial charge is 0.130 e. The fourth-order valence-electron chi connectivity index (χ4n) is 1.46. The molecule has 3 N–H and O–H groups in total. The molecule has 0 radical (unpaired) electrons. The molecule has 82 valence electrons. The van der Waals surface area contributed by atoms with E-state index in [0.717, 1.165) is 23.3 Å². The highest BCUT2D eigenvalue weighted by Crippen LogP contribution is 2.31. The summed E-state index contributed by atoms with van der Waals surface area (Å²) in [6, 6.07) is 2.21. The molecule has 0 amide bonds. The number of thioether (sulfide) groups is 1. The van der Waals surface area contributed by atoms with E-state index < -0.39 is 0 Å². The summed E-state index contributed by atoms with van der Waals surface area (Å²) in [4.78, 5) is 8.26. The van der Waals surface area contributed by atoms with Gasteiger partial charge in [-0.1, -0.05) is 0 Å². The molecule has 1 saturated carbocycles. The molecule has 2 rings (SSSR count). The molecule has 0 aliphatic heterocycles. The highest BCUT2D eigenvalue weighted by atomic mass is 32.2. The van der Waals surface area contributed by atoms with Crippen LogP contribution >= 0.6 is 11.8 Å². The van der Waals surface area contributed by atoms with Gasteiger partial charge in [0.2, 0.25) is 0 Å². The van der Waals surface area contributed by atoms with E-state index >= 15 is 0 Å². The molecular formula is C10H16N4S. The van der Waals surface area contributed by atoms with Gasteiger partial charge in [0.05, 0.1) is 0 Å². The predicted octanol–water partition coefficient (Wildman–Crippen LogP) is 1.35. The molecule has 1 aromatic rings. The molecule has 1 aromatic heterocycles.